The lowest BCUT2D eigenvalue weighted by Crippen LogP contribution is -1.85. The molecule has 24 heavy (non-hydrogen) atoms. The average Bonchev–Trinajstić information content (AvgIpc) is 3.03. The Kier molecular flexibility index (Phi) is 4.44. The number of phenolic OH excluding ortho intramolecular Hbond substituents is 1. The predicted molar refractivity (Wildman–Crippen MR) is 92.5 cm³/mol. The first-order chi connectivity index (χ1) is 11.7. The first-order valence-corrected chi connectivity index (χ1v) is 7.42. The number of phenols is 1. The van der Waals surface area contributed by atoms with E-state index in [0.29, 0.717) is 22.8 Å². The summed E-state index contributed by atoms with van der Waals surface area (Å²) in [7, 11) is 3.08. The van der Waals surface area contributed by atoms with Crippen molar-refractivity contribution in [1.29, 1.82) is 0 Å². The highest BCUT2D eigenvalue weighted by Crippen LogP contribution is 2.37. The van der Waals surface area contributed by atoms with Crippen molar-refractivity contribution < 1.29 is 24.1 Å². The Morgan fingerprint density at radius 3 is 2.54 bits per heavy atom. The van der Waals surface area contributed by atoms with Crippen molar-refractivity contribution in [2.45, 2.75) is 0 Å². The summed E-state index contributed by atoms with van der Waals surface area (Å²) < 4.78 is 16.5. The maximum Gasteiger partial charge on any atom is 0.176 e. The molecule has 0 unspecified atom stereocenters. The normalized spacial score (nSPS) is 11.3. The van der Waals surface area contributed by atoms with Gasteiger partial charge < -0.3 is 24.1 Å². The second kappa shape index (κ2) is 6.68. The number of fused-ring (bicyclic) bond motifs is 1. The molecule has 5 heteroatoms. The van der Waals surface area contributed by atoms with E-state index >= 15 is 0 Å². The minimum Gasteiger partial charge on any atom is -0.504 e. The summed E-state index contributed by atoms with van der Waals surface area (Å²) in [5.74, 6) is 1.71. The topological polar surface area (TPSA) is 72.1 Å². The van der Waals surface area contributed by atoms with Gasteiger partial charge in [-0.15, -0.1) is 0 Å². The maximum absolute atomic E-state index is 9.72. The molecule has 1 aromatic heterocycles. The van der Waals surface area contributed by atoms with Gasteiger partial charge in [0.2, 0.25) is 0 Å². The molecular formula is C19H18O5. The summed E-state index contributed by atoms with van der Waals surface area (Å²) in [6, 6.07) is 10.7. The molecule has 0 amide bonds. The number of furan rings is 1. The first-order valence-electron chi connectivity index (χ1n) is 7.42. The van der Waals surface area contributed by atoms with Crippen molar-refractivity contribution >= 4 is 17.0 Å². The number of hydrogen-bond acceptors (Lipinski definition) is 5. The van der Waals surface area contributed by atoms with Crippen molar-refractivity contribution in [3.63, 3.8) is 0 Å². The standard InChI is InChI=1S/C19H18O5/c1-22-17-10-13(5-6-15(17)21)16-11-14-8-12(4-3-7-20)9-18(23-2)19(14)24-16/h3-6,8-11,20-21H,7H2,1-2H3/b4-3+. The highest BCUT2D eigenvalue weighted by atomic mass is 16.5. The second-order valence-corrected chi connectivity index (χ2v) is 5.22. The van der Waals surface area contributed by atoms with Crippen LogP contribution in [0.2, 0.25) is 0 Å². The molecule has 2 aromatic carbocycles. The van der Waals surface area contributed by atoms with Gasteiger partial charge in [0.25, 0.3) is 0 Å². The van der Waals surface area contributed by atoms with Gasteiger partial charge in [0.1, 0.15) is 5.76 Å². The fourth-order valence-corrected chi connectivity index (χ4v) is 2.55. The number of methoxy groups -OCH3 is 2. The van der Waals surface area contributed by atoms with E-state index < -0.39 is 0 Å². The van der Waals surface area contributed by atoms with Crippen LogP contribution in [0.4, 0.5) is 0 Å². The highest BCUT2D eigenvalue weighted by molar-refractivity contribution is 5.89. The van der Waals surface area contributed by atoms with Crippen molar-refractivity contribution in [3.8, 4) is 28.6 Å². The van der Waals surface area contributed by atoms with Crippen LogP contribution in [-0.4, -0.2) is 31.0 Å². The van der Waals surface area contributed by atoms with Gasteiger partial charge in [-0.1, -0.05) is 12.2 Å². The lowest BCUT2D eigenvalue weighted by atomic mass is 10.1. The van der Waals surface area contributed by atoms with Crippen LogP contribution < -0.4 is 9.47 Å². The number of hydrogen-bond donors (Lipinski definition) is 2. The summed E-state index contributed by atoms with van der Waals surface area (Å²) in [5.41, 5.74) is 2.33. The Morgan fingerprint density at radius 2 is 1.83 bits per heavy atom. The van der Waals surface area contributed by atoms with Crippen LogP contribution in [0.1, 0.15) is 5.56 Å². The Hall–Kier alpha value is -2.92. The van der Waals surface area contributed by atoms with E-state index in [9.17, 15) is 5.11 Å². The van der Waals surface area contributed by atoms with Gasteiger partial charge in [0.15, 0.2) is 22.8 Å². The Labute approximate surface area is 139 Å². The van der Waals surface area contributed by atoms with Gasteiger partial charge in [-0.2, -0.15) is 0 Å². The van der Waals surface area contributed by atoms with E-state index in [1.807, 2.05) is 24.3 Å². The fraction of sp³-hybridized carbons (Fsp3) is 0.158. The summed E-state index contributed by atoms with van der Waals surface area (Å²) in [6.45, 7) is -0.0235. The smallest absolute Gasteiger partial charge is 0.176 e. The molecule has 0 fully saturated rings. The Morgan fingerprint density at radius 1 is 1.04 bits per heavy atom. The molecule has 0 aliphatic heterocycles. The quantitative estimate of drug-likeness (QED) is 0.745. The maximum atomic E-state index is 9.72. The number of aromatic hydroxyl groups is 1. The minimum atomic E-state index is -0.0235. The van der Waals surface area contributed by atoms with Crippen LogP contribution in [-0.2, 0) is 0 Å². The van der Waals surface area contributed by atoms with Gasteiger partial charge in [-0.3, -0.25) is 0 Å². The molecule has 2 N–H and O–H groups in total. The largest absolute Gasteiger partial charge is 0.504 e. The van der Waals surface area contributed by atoms with E-state index in [1.54, 1.807) is 31.4 Å². The molecule has 124 valence electrons. The molecule has 0 saturated carbocycles. The number of ether oxygens (including phenoxy) is 2. The molecule has 0 atom stereocenters. The van der Waals surface area contributed by atoms with Crippen LogP contribution in [0, 0.1) is 0 Å². The van der Waals surface area contributed by atoms with Crippen LogP contribution >= 0.6 is 0 Å². The van der Waals surface area contributed by atoms with E-state index in [4.69, 9.17) is 19.0 Å². The highest BCUT2D eigenvalue weighted by Gasteiger charge is 2.13. The monoisotopic (exact) mass is 326 g/mol. The second-order valence-electron chi connectivity index (χ2n) is 5.22. The molecule has 5 nitrogen and oxygen atoms in total. The van der Waals surface area contributed by atoms with Crippen LogP contribution in [0.15, 0.2) is 46.9 Å². The third kappa shape index (κ3) is 2.94. The van der Waals surface area contributed by atoms with E-state index in [0.717, 1.165) is 16.5 Å². The molecule has 0 saturated heterocycles. The lowest BCUT2D eigenvalue weighted by Gasteiger charge is -2.04. The third-order valence-corrected chi connectivity index (χ3v) is 3.70. The molecule has 1 heterocycles. The SMILES string of the molecule is COc1cc(-c2cc3cc(/C=C/CO)cc(OC)c3o2)ccc1O. The van der Waals surface area contributed by atoms with Crippen molar-refractivity contribution in [3.05, 3.63) is 48.0 Å². The average molecular weight is 326 g/mol. The number of aliphatic hydroxyl groups is 1. The van der Waals surface area contributed by atoms with E-state index in [1.165, 1.54) is 7.11 Å². The summed E-state index contributed by atoms with van der Waals surface area (Å²) in [6.07, 6.45) is 3.48. The van der Waals surface area contributed by atoms with E-state index in [-0.39, 0.29) is 12.4 Å². The van der Waals surface area contributed by atoms with Gasteiger partial charge in [0.05, 0.1) is 20.8 Å². The number of benzene rings is 2. The van der Waals surface area contributed by atoms with Gasteiger partial charge >= 0.3 is 0 Å². The predicted octanol–water partition coefficient (Wildman–Crippen LogP) is 3.83. The number of aliphatic hydroxyl groups excluding tert-OH is 1. The Balaban J connectivity index is 2.12. The van der Waals surface area contributed by atoms with Crippen LogP contribution in [0.3, 0.4) is 0 Å². The van der Waals surface area contributed by atoms with Crippen LogP contribution in [0.5, 0.6) is 17.2 Å². The molecule has 0 spiro atoms. The Bertz CT molecular complexity index is 892. The molecule has 3 rings (SSSR count). The zero-order chi connectivity index (χ0) is 17.1. The zero-order valence-electron chi connectivity index (χ0n) is 13.4. The summed E-state index contributed by atoms with van der Waals surface area (Å²) in [5, 5.41) is 19.5. The van der Waals surface area contributed by atoms with Crippen molar-refractivity contribution in [2.75, 3.05) is 20.8 Å². The van der Waals surface area contributed by atoms with Crippen LogP contribution in [0.25, 0.3) is 28.4 Å². The molecule has 0 bridgehead atoms. The molecule has 0 radical (unpaired) electrons. The first kappa shape index (κ1) is 16.0. The molecule has 3 aromatic rings. The molecule has 0 aliphatic carbocycles. The van der Waals surface area contributed by atoms with Crippen molar-refractivity contribution in [2.24, 2.45) is 0 Å². The number of rotatable bonds is 5. The fourth-order valence-electron chi connectivity index (χ4n) is 2.55. The lowest BCUT2D eigenvalue weighted by molar-refractivity contribution is 0.343. The molecular weight excluding hydrogens is 308 g/mol. The van der Waals surface area contributed by atoms with Gasteiger partial charge in [-0.05, 0) is 42.0 Å². The zero-order valence-corrected chi connectivity index (χ0v) is 13.4. The van der Waals surface area contributed by atoms with Crippen molar-refractivity contribution in [1.82, 2.24) is 0 Å². The molecule has 0 aliphatic rings. The van der Waals surface area contributed by atoms with Gasteiger partial charge in [0, 0.05) is 10.9 Å². The third-order valence-electron chi connectivity index (χ3n) is 3.70. The summed E-state index contributed by atoms with van der Waals surface area (Å²) in [4.78, 5) is 0. The van der Waals surface area contributed by atoms with E-state index in [2.05, 4.69) is 0 Å². The van der Waals surface area contributed by atoms with Gasteiger partial charge in [-0.25, -0.2) is 0 Å². The summed E-state index contributed by atoms with van der Waals surface area (Å²) >= 11 is 0. The minimum absolute atomic E-state index is 0.0235.